The second kappa shape index (κ2) is 7.33. The predicted molar refractivity (Wildman–Crippen MR) is 76.1 cm³/mol. The Balaban J connectivity index is 2.52. The van der Waals surface area contributed by atoms with Crippen molar-refractivity contribution in [1.29, 1.82) is 0 Å². The van der Waals surface area contributed by atoms with Crippen LogP contribution in [0.3, 0.4) is 0 Å². The lowest BCUT2D eigenvalue weighted by Crippen LogP contribution is -2.52. The number of rotatable bonds is 7. The molecule has 0 radical (unpaired) electrons. The van der Waals surface area contributed by atoms with Crippen LogP contribution in [0.2, 0.25) is 0 Å². The van der Waals surface area contributed by atoms with Crippen molar-refractivity contribution in [2.24, 2.45) is 0 Å². The van der Waals surface area contributed by atoms with Crippen LogP contribution in [0.1, 0.15) is 20.8 Å². The van der Waals surface area contributed by atoms with Crippen molar-refractivity contribution in [1.82, 2.24) is 5.32 Å². The predicted octanol–water partition coefficient (Wildman–Crippen LogP) is 0.756. The minimum Gasteiger partial charge on any atom is -0.491 e. The first-order chi connectivity index (χ1) is 8.90. The minimum absolute atomic E-state index is 0.110. The number of benzene rings is 1. The fraction of sp³-hybridized carbons (Fsp3) is 0.571. The number of ether oxygens (including phenoxy) is 1. The Morgan fingerprint density at radius 3 is 2.21 bits per heavy atom. The first kappa shape index (κ1) is 15.8. The minimum atomic E-state index is -0.792. The molecule has 0 fully saturated rings. The topological polar surface area (TPSA) is 87.7 Å². The lowest BCUT2D eigenvalue weighted by Gasteiger charge is -2.28. The van der Waals surface area contributed by atoms with E-state index in [2.05, 4.69) is 5.32 Å². The first-order valence-corrected chi connectivity index (χ1v) is 6.50. The second-order valence-electron chi connectivity index (χ2n) is 5.04. The summed E-state index contributed by atoms with van der Waals surface area (Å²) in [6.07, 6.45) is -1.45. The van der Waals surface area contributed by atoms with Crippen molar-refractivity contribution in [3.8, 4) is 5.75 Å². The highest BCUT2D eigenvalue weighted by molar-refractivity contribution is 5.41. The maximum Gasteiger partial charge on any atom is 0.119 e. The van der Waals surface area contributed by atoms with Gasteiger partial charge in [0, 0.05) is 11.7 Å². The van der Waals surface area contributed by atoms with Gasteiger partial charge in [-0.2, -0.15) is 0 Å². The van der Waals surface area contributed by atoms with E-state index in [1.54, 1.807) is 31.2 Å². The van der Waals surface area contributed by atoms with Crippen LogP contribution in [0.25, 0.3) is 0 Å². The van der Waals surface area contributed by atoms with E-state index in [4.69, 9.17) is 10.5 Å². The molecule has 5 heteroatoms. The summed E-state index contributed by atoms with van der Waals surface area (Å²) >= 11 is 0. The average Bonchev–Trinajstić information content (AvgIpc) is 2.34. The first-order valence-electron chi connectivity index (χ1n) is 6.50. The molecule has 1 aromatic carbocycles. The number of hydrogen-bond acceptors (Lipinski definition) is 5. The fourth-order valence-corrected chi connectivity index (χ4v) is 1.81. The molecule has 3 unspecified atom stereocenters. The molecule has 1 rings (SSSR count). The zero-order valence-corrected chi connectivity index (χ0v) is 11.7. The maximum absolute atomic E-state index is 10.1. The summed E-state index contributed by atoms with van der Waals surface area (Å²) in [5.74, 6) is 0.641. The molecular weight excluding hydrogens is 244 g/mol. The van der Waals surface area contributed by atoms with Gasteiger partial charge in [-0.1, -0.05) is 13.8 Å². The molecule has 5 N–H and O–H groups in total. The molecule has 0 spiro atoms. The van der Waals surface area contributed by atoms with Gasteiger partial charge < -0.3 is 26.0 Å². The lowest BCUT2D eigenvalue weighted by atomic mass is 10.1. The van der Waals surface area contributed by atoms with Crippen molar-refractivity contribution in [3.05, 3.63) is 24.3 Å². The third-order valence-electron chi connectivity index (χ3n) is 2.76. The molecule has 0 aliphatic heterocycles. The van der Waals surface area contributed by atoms with Crippen molar-refractivity contribution < 1.29 is 14.9 Å². The number of anilines is 1. The Hall–Kier alpha value is -1.30. The third-order valence-corrected chi connectivity index (χ3v) is 2.76. The van der Waals surface area contributed by atoms with E-state index in [-0.39, 0.29) is 12.6 Å². The highest BCUT2D eigenvalue weighted by Crippen LogP contribution is 2.14. The van der Waals surface area contributed by atoms with Crippen LogP contribution in [0.4, 0.5) is 5.69 Å². The number of nitrogens with one attached hydrogen (secondary N) is 1. The fourth-order valence-electron chi connectivity index (χ4n) is 1.81. The third kappa shape index (κ3) is 5.46. The molecular formula is C14H24N2O3. The lowest BCUT2D eigenvalue weighted by molar-refractivity contribution is 0.0164. The number of aliphatic hydroxyl groups is 2. The summed E-state index contributed by atoms with van der Waals surface area (Å²) in [7, 11) is 0. The molecule has 3 atom stereocenters. The molecule has 0 bridgehead atoms. The van der Waals surface area contributed by atoms with Crippen LogP contribution >= 0.6 is 0 Å². The van der Waals surface area contributed by atoms with Crippen molar-refractivity contribution in [2.75, 3.05) is 12.3 Å². The number of nitrogen functional groups attached to an aromatic ring is 1. The largest absolute Gasteiger partial charge is 0.491 e. The van der Waals surface area contributed by atoms with Gasteiger partial charge in [0.2, 0.25) is 0 Å². The van der Waals surface area contributed by atoms with Gasteiger partial charge in [-0.15, -0.1) is 0 Å². The molecule has 5 nitrogen and oxygen atoms in total. The van der Waals surface area contributed by atoms with Gasteiger partial charge in [0.05, 0.1) is 12.1 Å². The monoisotopic (exact) mass is 268 g/mol. The van der Waals surface area contributed by atoms with Crippen molar-refractivity contribution in [2.45, 2.75) is 45.1 Å². The van der Waals surface area contributed by atoms with Gasteiger partial charge in [-0.3, -0.25) is 0 Å². The van der Waals surface area contributed by atoms with E-state index in [0.29, 0.717) is 11.4 Å². The Morgan fingerprint density at radius 1 is 1.16 bits per heavy atom. The number of hydrogen-bond donors (Lipinski definition) is 4. The summed E-state index contributed by atoms with van der Waals surface area (Å²) in [4.78, 5) is 0. The molecule has 1 aromatic rings. The molecule has 0 heterocycles. The van der Waals surface area contributed by atoms with E-state index < -0.39 is 18.2 Å². The maximum atomic E-state index is 10.1. The summed E-state index contributed by atoms with van der Waals surface area (Å²) in [5.41, 5.74) is 6.24. The van der Waals surface area contributed by atoms with Crippen molar-refractivity contribution >= 4 is 5.69 Å². The van der Waals surface area contributed by atoms with Gasteiger partial charge in [-0.05, 0) is 31.2 Å². The average molecular weight is 268 g/mol. The molecule has 0 aromatic heterocycles. The van der Waals surface area contributed by atoms with Gasteiger partial charge in [-0.25, -0.2) is 0 Å². The standard InChI is InChI=1S/C14H24N2O3/c1-9(2)16-14(10(3)17)13(18)8-19-12-6-4-11(15)5-7-12/h4-7,9-10,13-14,16-18H,8,15H2,1-3H3. The molecule has 0 aliphatic carbocycles. The van der Waals surface area contributed by atoms with Gasteiger partial charge in [0.15, 0.2) is 0 Å². The normalized spacial score (nSPS) is 16.1. The summed E-state index contributed by atoms with van der Waals surface area (Å²) in [6, 6.07) is 6.71. The smallest absolute Gasteiger partial charge is 0.119 e. The molecule has 0 saturated carbocycles. The van der Waals surface area contributed by atoms with Gasteiger partial charge >= 0.3 is 0 Å². The Morgan fingerprint density at radius 2 is 1.74 bits per heavy atom. The van der Waals surface area contributed by atoms with Crippen LogP contribution in [0.15, 0.2) is 24.3 Å². The molecule has 0 saturated heterocycles. The van der Waals surface area contributed by atoms with Crippen LogP contribution in [-0.2, 0) is 0 Å². The highest BCUT2D eigenvalue weighted by Gasteiger charge is 2.25. The zero-order chi connectivity index (χ0) is 14.4. The molecule has 0 amide bonds. The molecule has 19 heavy (non-hydrogen) atoms. The SMILES string of the molecule is CC(C)NC(C(C)O)C(O)COc1ccc(N)cc1. The summed E-state index contributed by atoms with van der Waals surface area (Å²) < 4.78 is 5.48. The van der Waals surface area contributed by atoms with E-state index >= 15 is 0 Å². The van der Waals surface area contributed by atoms with E-state index in [1.807, 2.05) is 13.8 Å². The Kier molecular flexibility index (Phi) is 6.08. The van der Waals surface area contributed by atoms with E-state index in [1.165, 1.54) is 0 Å². The van der Waals surface area contributed by atoms with Crippen LogP contribution in [-0.4, -0.2) is 41.1 Å². The summed E-state index contributed by atoms with van der Waals surface area (Å²) in [5, 5.41) is 22.9. The zero-order valence-electron chi connectivity index (χ0n) is 11.7. The van der Waals surface area contributed by atoms with Crippen LogP contribution in [0, 0.1) is 0 Å². The quantitative estimate of drug-likeness (QED) is 0.548. The number of aliphatic hydroxyl groups excluding tert-OH is 2. The Labute approximate surface area is 114 Å². The highest BCUT2D eigenvalue weighted by atomic mass is 16.5. The second-order valence-corrected chi connectivity index (χ2v) is 5.04. The molecule has 0 aliphatic rings. The number of nitrogens with two attached hydrogens (primary N) is 1. The molecule has 108 valence electrons. The van der Waals surface area contributed by atoms with Crippen LogP contribution < -0.4 is 15.8 Å². The van der Waals surface area contributed by atoms with Gasteiger partial charge in [0.1, 0.15) is 18.5 Å². The van der Waals surface area contributed by atoms with Gasteiger partial charge in [0.25, 0.3) is 0 Å². The Bertz CT molecular complexity index is 365. The van der Waals surface area contributed by atoms with E-state index in [0.717, 1.165) is 0 Å². The van der Waals surface area contributed by atoms with Crippen LogP contribution in [0.5, 0.6) is 5.75 Å². The summed E-state index contributed by atoms with van der Waals surface area (Å²) in [6.45, 7) is 5.68. The van der Waals surface area contributed by atoms with Crippen molar-refractivity contribution in [3.63, 3.8) is 0 Å². The van der Waals surface area contributed by atoms with E-state index in [9.17, 15) is 10.2 Å².